The van der Waals surface area contributed by atoms with Crippen LogP contribution in [0.2, 0.25) is 0 Å². The molecule has 2 aromatic rings. The fourth-order valence-electron chi connectivity index (χ4n) is 2.03. The highest BCUT2D eigenvalue weighted by atomic mass is 79.9. The first kappa shape index (κ1) is 20.0. The van der Waals surface area contributed by atoms with Crippen molar-refractivity contribution in [2.24, 2.45) is 5.73 Å². The molecular weight excluding hydrogens is 416 g/mol. The number of halogens is 1. The Morgan fingerprint density at radius 1 is 1.22 bits per heavy atom. The molecule has 138 valence electrons. The van der Waals surface area contributed by atoms with Crippen molar-refractivity contribution in [1.29, 1.82) is 5.26 Å². The molecule has 0 fully saturated rings. The summed E-state index contributed by atoms with van der Waals surface area (Å²) in [6, 6.07) is 13.3. The third kappa shape index (κ3) is 5.87. The van der Waals surface area contributed by atoms with Gasteiger partial charge in [-0.2, -0.15) is 5.26 Å². The zero-order valence-corrected chi connectivity index (χ0v) is 15.9. The molecule has 27 heavy (non-hydrogen) atoms. The molecule has 0 aromatic heterocycles. The monoisotopic (exact) mass is 430 g/mol. The summed E-state index contributed by atoms with van der Waals surface area (Å²) in [4.78, 5) is 23.1. The standard InChI is InChI=1S/C19H15BrN2O5/c1-25-17-8-12(7-13(10-21)19(22)24)5-6-16(17)27-18(23)11-26-15-4-2-3-14(20)9-15/h2-9H,11H2,1H3,(H2,22,24)/b13-7+. The molecule has 2 N–H and O–H groups in total. The van der Waals surface area contributed by atoms with Crippen molar-refractivity contribution in [1.82, 2.24) is 0 Å². The van der Waals surface area contributed by atoms with Crippen LogP contribution in [0.1, 0.15) is 5.56 Å². The minimum absolute atomic E-state index is 0.176. The van der Waals surface area contributed by atoms with Gasteiger partial charge in [0.25, 0.3) is 5.91 Å². The van der Waals surface area contributed by atoms with Gasteiger partial charge in [0.15, 0.2) is 18.1 Å². The number of carbonyl (C=O) groups is 2. The van der Waals surface area contributed by atoms with Gasteiger partial charge in [-0.1, -0.05) is 28.1 Å². The van der Waals surface area contributed by atoms with Gasteiger partial charge in [-0.3, -0.25) is 4.79 Å². The highest BCUT2D eigenvalue weighted by molar-refractivity contribution is 9.10. The van der Waals surface area contributed by atoms with Gasteiger partial charge in [0.1, 0.15) is 17.4 Å². The van der Waals surface area contributed by atoms with E-state index in [0.717, 1.165) is 4.47 Å². The van der Waals surface area contributed by atoms with Gasteiger partial charge in [-0.25, -0.2) is 4.79 Å². The number of esters is 1. The molecular formula is C19H15BrN2O5. The second kappa shape index (κ2) is 9.40. The summed E-state index contributed by atoms with van der Waals surface area (Å²) in [5.74, 6) is -0.510. The maximum atomic E-state index is 12.0. The molecule has 0 saturated carbocycles. The maximum absolute atomic E-state index is 12.0. The van der Waals surface area contributed by atoms with Gasteiger partial charge >= 0.3 is 5.97 Å². The normalized spacial score (nSPS) is 10.6. The number of rotatable bonds is 7. The second-order valence-corrected chi connectivity index (χ2v) is 6.08. The smallest absolute Gasteiger partial charge is 0.349 e. The number of ether oxygens (including phenoxy) is 3. The molecule has 1 amide bonds. The maximum Gasteiger partial charge on any atom is 0.349 e. The van der Waals surface area contributed by atoms with Crippen LogP contribution in [0.5, 0.6) is 17.2 Å². The van der Waals surface area contributed by atoms with E-state index in [1.807, 2.05) is 6.07 Å². The highest BCUT2D eigenvalue weighted by Crippen LogP contribution is 2.29. The first-order valence-electron chi connectivity index (χ1n) is 7.61. The summed E-state index contributed by atoms with van der Waals surface area (Å²) in [6.45, 7) is -0.290. The lowest BCUT2D eigenvalue weighted by Gasteiger charge is -2.11. The highest BCUT2D eigenvalue weighted by Gasteiger charge is 2.12. The van der Waals surface area contributed by atoms with Crippen LogP contribution in [0.25, 0.3) is 6.08 Å². The van der Waals surface area contributed by atoms with Crippen molar-refractivity contribution in [2.75, 3.05) is 13.7 Å². The van der Waals surface area contributed by atoms with E-state index in [9.17, 15) is 9.59 Å². The summed E-state index contributed by atoms with van der Waals surface area (Å²) in [6.07, 6.45) is 1.31. The number of benzene rings is 2. The third-order valence-corrected chi connectivity index (χ3v) is 3.75. The zero-order chi connectivity index (χ0) is 19.8. The molecule has 0 aliphatic rings. The van der Waals surface area contributed by atoms with Crippen LogP contribution in [0.3, 0.4) is 0 Å². The van der Waals surface area contributed by atoms with E-state index in [-0.39, 0.29) is 23.7 Å². The fourth-order valence-corrected chi connectivity index (χ4v) is 2.41. The van der Waals surface area contributed by atoms with E-state index in [2.05, 4.69) is 15.9 Å². The summed E-state index contributed by atoms with van der Waals surface area (Å²) in [5.41, 5.74) is 5.39. The molecule has 0 saturated heterocycles. The van der Waals surface area contributed by atoms with Gasteiger partial charge in [-0.05, 0) is 42.0 Å². The molecule has 2 aromatic carbocycles. The largest absolute Gasteiger partial charge is 0.493 e. The zero-order valence-electron chi connectivity index (χ0n) is 14.3. The van der Waals surface area contributed by atoms with Crippen molar-refractivity contribution in [2.45, 2.75) is 0 Å². The molecule has 0 aliphatic heterocycles. The topological polar surface area (TPSA) is 112 Å². The van der Waals surface area contributed by atoms with E-state index < -0.39 is 11.9 Å². The second-order valence-electron chi connectivity index (χ2n) is 5.16. The van der Waals surface area contributed by atoms with Crippen molar-refractivity contribution < 1.29 is 23.8 Å². The lowest BCUT2D eigenvalue weighted by molar-refractivity contribution is -0.136. The van der Waals surface area contributed by atoms with Crippen LogP contribution in [0.15, 0.2) is 52.5 Å². The fraction of sp³-hybridized carbons (Fsp3) is 0.105. The molecule has 2 rings (SSSR count). The van der Waals surface area contributed by atoms with Crippen molar-refractivity contribution in [3.63, 3.8) is 0 Å². The predicted octanol–water partition coefficient (Wildman–Crippen LogP) is 2.83. The Balaban J connectivity index is 2.08. The number of primary amides is 1. The first-order valence-corrected chi connectivity index (χ1v) is 8.41. The minimum Gasteiger partial charge on any atom is -0.493 e. The Labute approximate surface area is 164 Å². The molecule has 0 heterocycles. The molecule has 0 atom stereocenters. The molecule has 0 unspecified atom stereocenters. The number of nitriles is 1. The van der Waals surface area contributed by atoms with Gasteiger partial charge in [0, 0.05) is 4.47 Å². The number of amides is 1. The Hall–Kier alpha value is -3.31. The van der Waals surface area contributed by atoms with Crippen molar-refractivity contribution in [3.05, 3.63) is 58.1 Å². The van der Waals surface area contributed by atoms with Crippen molar-refractivity contribution in [3.8, 4) is 23.3 Å². The quantitative estimate of drug-likeness (QED) is 0.312. The Morgan fingerprint density at radius 2 is 2.00 bits per heavy atom. The van der Waals surface area contributed by atoms with E-state index in [1.165, 1.54) is 25.3 Å². The Kier molecular flexibility index (Phi) is 6.97. The van der Waals surface area contributed by atoms with Crippen LogP contribution in [-0.4, -0.2) is 25.6 Å². The van der Waals surface area contributed by atoms with Crippen LogP contribution < -0.4 is 19.9 Å². The van der Waals surface area contributed by atoms with Gasteiger partial charge in [0.2, 0.25) is 0 Å². The average molecular weight is 431 g/mol. The third-order valence-electron chi connectivity index (χ3n) is 3.26. The lowest BCUT2D eigenvalue weighted by atomic mass is 10.1. The lowest BCUT2D eigenvalue weighted by Crippen LogP contribution is -2.18. The van der Waals surface area contributed by atoms with Crippen LogP contribution in [-0.2, 0) is 9.59 Å². The number of carbonyl (C=O) groups excluding carboxylic acids is 2. The number of methoxy groups -OCH3 is 1. The molecule has 0 spiro atoms. The van der Waals surface area contributed by atoms with Gasteiger partial charge < -0.3 is 19.9 Å². The van der Waals surface area contributed by atoms with Crippen LogP contribution in [0.4, 0.5) is 0 Å². The van der Waals surface area contributed by atoms with Gasteiger partial charge in [0.05, 0.1) is 7.11 Å². The minimum atomic E-state index is -0.836. The molecule has 7 nitrogen and oxygen atoms in total. The summed E-state index contributed by atoms with van der Waals surface area (Å²) in [7, 11) is 1.40. The molecule has 8 heteroatoms. The van der Waals surface area contributed by atoms with E-state index >= 15 is 0 Å². The average Bonchev–Trinajstić information content (AvgIpc) is 2.65. The van der Waals surface area contributed by atoms with E-state index in [0.29, 0.717) is 11.3 Å². The number of nitrogens with two attached hydrogens (primary N) is 1. The summed E-state index contributed by atoms with van der Waals surface area (Å²) in [5, 5.41) is 8.89. The summed E-state index contributed by atoms with van der Waals surface area (Å²) < 4.78 is 16.6. The van der Waals surface area contributed by atoms with E-state index in [1.54, 1.807) is 30.3 Å². The van der Waals surface area contributed by atoms with Crippen LogP contribution in [0, 0.1) is 11.3 Å². The van der Waals surface area contributed by atoms with Gasteiger partial charge in [-0.15, -0.1) is 0 Å². The molecule has 0 radical (unpaired) electrons. The first-order chi connectivity index (χ1) is 12.9. The number of hydrogen-bond acceptors (Lipinski definition) is 6. The van der Waals surface area contributed by atoms with E-state index in [4.69, 9.17) is 25.2 Å². The molecule has 0 aliphatic carbocycles. The Morgan fingerprint density at radius 3 is 2.63 bits per heavy atom. The number of nitrogens with zero attached hydrogens (tertiary/aromatic N) is 1. The Bertz CT molecular complexity index is 934. The molecule has 0 bridgehead atoms. The number of hydrogen-bond donors (Lipinski definition) is 1. The predicted molar refractivity (Wildman–Crippen MR) is 101 cm³/mol. The SMILES string of the molecule is COc1cc(/C=C(\C#N)C(N)=O)ccc1OC(=O)COc1cccc(Br)c1. The summed E-state index contributed by atoms with van der Waals surface area (Å²) >= 11 is 3.31. The van der Waals surface area contributed by atoms with Crippen LogP contribution >= 0.6 is 15.9 Å². The van der Waals surface area contributed by atoms with Crippen molar-refractivity contribution >= 4 is 33.9 Å².